The van der Waals surface area contributed by atoms with E-state index in [1.165, 1.54) is 57.8 Å². The maximum absolute atomic E-state index is 5.53. The molecule has 0 heterocycles. The van der Waals surface area contributed by atoms with Gasteiger partial charge in [0, 0.05) is 0 Å². The number of unbranched alkanes of at least 4 members (excludes halogenated alkanes) is 6. The minimum atomic E-state index is -0.126. The molecular formula is C16H34N2. The average Bonchev–Trinajstić information content (AvgIpc) is 2.35. The highest BCUT2D eigenvalue weighted by molar-refractivity contribution is 4.78. The van der Waals surface area contributed by atoms with Crippen molar-refractivity contribution < 1.29 is 0 Å². The molecule has 4 N–H and O–H groups in total. The van der Waals surface area contributed by atoms with Crippen LogP contribution in [0.3, 0.4) is 0 Å². The van der Waals surface area contributed by atoms with Crippen LogP contribution in [0.4, 0.5) is 0 Å². The quantitative estimate of drug-likeness (QED) is 0.292. The fourth-order valence-electron chi connectivity index (χ4n) is 2.35. The Kier molecular flexibility index (Phi) is 12.9. The molecular weight excluding hydrogens is 220 g/mol. The van der Waals surface area contributed by atoms with Crippen LogP contribution in [0.1, 0.15) is 77.6 Å². The number of nitrogens with two attached hydrogens (primary N) is 2. The van der Waals surface area contributed by atoms with E-state index in [-0.39, 0.29) is 6.17 Å². The first kappa shape index (κ1) is 17.7. The van der Waals surface area contributed by atoms with E-state index in [9.17, 15) is 0 Å². The molecule has 0 aliphatic heterocycles. The molecule has 0 aromatic carbocycles. The molecule has 0 aromatic rings. The van der Waals surface area contributed by atoms with Crippen LogP contribution in [0.15, 0.2) is 12.7 Å². The van der Waals surface area contributed by atoms with Gasteiger partial charge in [0.25, 0.3) is 0 Å². The second-order valence-corrected chi connectivity index (χ2v) is 5.50. The molecule has 0 aliphatic rings. The Morgan fingerprint density at radius 1 is 0.833 bits per heavy atom. The van der Waals surface area contributed by atoms with Gasteiger partial charge in [0.1, 0.15) is 0 Å². The molecule has 0 fully saturated rings. The van der Waals surface area contributed by atoms with E-state index in [1.807, 2.05) is 0 Å². The molecule has 0 saturated carbocycles. The summed E-state index contributed by atoms with van der Waals surface area (Å²) in [7, 11) is 0. The van der Waals surface area contributed by atoms with Crippen LogP contribution in [0.2, 0.25) is 0 Å². The minimum absolute atomic E-state index is 0.126. The van der Waals surface area contributed by atoms with Gasteiger partial charge in [-0.3, -0.25) is 0 Å². The summed E-state index contributed by atoms with van der Waals surface area (Å²) in [5.41, 5.74) is 11.1. The van der Waals surface area contributed by atoms with Crippen LogP contribution in [0.5, 0.6) is 0 Å². The van der Waals surface area contributed by atoms with Crippen LogP contribution >= 0.6 is 0 Å². The third kappa shape index (κ3) is 12.1. The highest BCUT2D eigenvalue weighted by atomic mass is 14.8. The Morgan fingerprint density at radius 3 is 1.83 bits per heavy atom. The molecule has 0 spiro atoms. The predicted molar refractivity (Wildman–Crippen MR) is 82.3 cm³/mol. The molecule has 2 nitrogen and oxygen atoms in total. The molecule has 0 rings (SSSR count). The zero-order chi connectivity index (χ0) is 13.6. The molecule has 0 amide bonds. The minimum Gasteiger partial charge on any atom is -0.316 e. The summed E-state index contributed by atoms with van der Waals surface area (Å²) in [6, 6.07) is 0. The Hall–Kier alpha value is -0.340. The van der Waals surface area contributed by atoms with E-state index >= 15 is 0 Å². The monoisotopic (exact) mass is 254 g/mol. The molecule has 108 valence electrons. The fraction of sp³-hybridized carbons (Fsp3) is 0.875. The Bertz CT molecular complexity index is 178. The molecule has 1 atom stereocenters. The van der Waals surface area contributed by atoms with Gasteiger partial charge in [0.2, 0.25) is 0 Å². The van der Waals surface area contributed by atoms with Gasteiger partial charge in [0.05, 0.1) is 6.17 Å². The topological polar surface area (TPSA) is 52.0 Å². The normalized spacial score (nSPS) is 12.9. The van der Waals surface area contributed by atoms with Crippen LogP contribution in [0, 0.1) is 5.92 Å². The zero-order valence-corrected chi connectivity index (χ0v) is 12.4. The number of rotatable bonds is 13. The first-order valence-corrected chi connectivity index (χ1v) is 7.84. The van der Waals surface area contributed by atoms with E-state index in [0.717, 1.165) is 18.8 Å². The first-order chi connectivity index (χ1) is 8.70. The molecule has 0 bridgehead atoms. The van der Waals surface area contributed by atoms with Crippen molar-refractivity contribution in [1.29, 1.82) is 0 Å². The van der Waals surface area contributed by atoms with Gasteiger partial charge in [-0.05, 0) is 25.2 Å². The first-order valence-electron chi connectivity index (χ1n) is 7.84. The van der Waals surface area contributed by atoms with Crippen LogP contribution in [-0.2, 0) is 0 Å². The van der Waals surface area contributed by atoms with Crippen molar-refractivity contribution in [2.75, 3.05) is 0 Å². The molecule has 0 radical (unpaired) electrons. The number of allylic oxidation sites excluding steroid dienone is 1. The Morgan fingerprint density at radius 2 is 1.33 bits per heavy atom. The lowest BCUT2D eigenvalue weighted by Gasteiger charge is -2.12. The highest BCUT2D eigenvalue weighted by Gasteiger charge is 2.04. The summed E-state index contributed by atoms with van der Waals surface area (Å²) in [5.74, 6) is 0.721. The summed E-state index contributed by atoms with van der Waals surface area (Å²) in [5, 5.41) is 0. The van der Waals surface area contributed by atoms with Crippen LogP contribution in [-0.4, -0.2) is 6.17 Å². The van der Waals surface area contributed by atoms with Gasteiger partial charge in [-0.1, -0.05) is 64.4 Å². The van der Waals surface area contributed by atoms with Crippen molar-refractivity contribution in [2.24, 2.45) is 17.4 Å². The maximum Gasteiger partial charge on any atom is 0.0520 e. The summed E-state index contributed by atoms with van der Waals surface area (Å²) in [4.78, 5) is 0. The summed E-state index contributed by atoms with van der Waals surface area (Å²) < 4.78 is 0. The van der Waals surface area contributed by atoms with E-state index in [1.54, 1.807) is 0 Å². The van der Waals surface area contributed by atoms with Crippen LogP contribution < -0.4 is 11.5 Å². The van der Waals surface area contributed by atoms with Crippen molar-refractivity contribution >= 4 is 0 Å². The fourth-order valence-corrected chi connectivity index (χ4v) is 2.35. The lowest BCUT2D eigenvalue weighted by atomic mass is 9.94. The largest absolute Gasteiger partial charge is 0.316 e. The molecule has 2 heteroatoms. The SMILES string of the molecule is C=CC(CCCCCCC)CCCCCC(N)N. The lowest BCUT2D eigenvalue weighted by molar-refractivity contribution is 0.463. The van der Waals surface area contributed by atoms with Gasteiger partial charge >= 0.3 is 0 Å². The van der Waals surface area contributed by atoms with Gasteiger partial charge in [-0.25, -0.2) is 0 Å². The number of hydrogen-bond acceptors (Lipinski definition) is 2. The highest BCUT2D eigenvalue weighted by Crippen LogP contribution is 2.19. The summed E-state index contributed by atoms with van der Waals surface area (Å²) in [6.45, 7) is 6.23. The second kappa shape index (κ2) is 13.1. The van der Waals surface area contributed by atoms with Crippen molar-refractivity contribution in [3.05, 3.63) is 12.7 Å². The molecule has 0 saturated heterocycles. The van der Waals surface area contributed by atoms with Crippen molar-refractivity contribution in [3.63, 3.8) is 0 Å². The molecule has 1 unspecified atom stereocenters. The van der Waals surface area contributed by atoms with Crippen LogP contribution in [0.25, 0.3) is 0 Å². The van der Waals surface area contributed by atoms with E-state index < -0.39 is 0 Å². The van der Waals surface area contributed by atoms with Crippen molar-refractivity contribution in [2.45, 2.75) is 83.7 Å². The van der Waals surface area contributed by atoms with Crippen molar-refractivity contribution in [1.82, 2.24) is 0 Å². The predicted octanol–water partition coefficient (Wildman–Crippen LogP) is 4.34. The zero-order valence-electron chi connectivity index (χ0n) is 12.4. The van der Waals surface area contributed by atoms with E-state index in [4.69, 9.17) is 11.5 Å². The van der Waals surface area contributed by atoms with E-state index in [2.05, 4.69) is 19.6 Å². The summed E-state index contributed by atoms with van der Waals surface area (Å²) in [6.07, 6.45) is 16.2. The average molecular weight is 254 g/mol. The smallest absolute Gasteiger partial charge is 0.0520 e. The lowest BCUT2D eigenvalue weighted by Crippen LogP contribution is -2.29. The Labute approximate surface area is 114 Å². The Balaban J connectivity index is 3.38. The second-order valence-electron chi connectivity index (χ2n) is 5.50. The van der Waals surface area contributed by atoms with Gasteiger partial charge < -0.3 is 11.5 Å². The standard InChI is InChI=1S/C16H34N2/c1-3-5-6-7-9-12-15(4-2)13-10-8-11-14-16(17)18/h4,15-16H,2-3,5-14,17-18H2,1H3. The molecule has 18 heavy (non-hydrogen) atoms. The summed E-state index contributed by atoms with van der Waals surface area (Å²) >= 11 is 0. The maximum atomic E-state index is 5.53. The number of hydrogen-bond donors (Lipinski definition) is 2. The van der Waals surface area contributed by atoms with Gasteiger partial charge in [-0.2, -0.15) is 0 Å². The third-order valence-corrected chi connectivity index (χ3v) is 3.62. The van der Waals surface area contributed by atoms with Crippen molar-refractivity contribution in [3.8, 4) is 0 Å². The van der Waals surface area contributed by atoms with E-state index in [0.29, 0.717) is 0 Å². The third-order valence-electron chi connectivity index (χ3n) is 3.62. The molecule has 0 aliphatic carbocycles. The molecule has 0 aromatic heterocycles. The van der Waals surface area contributed by atoms with Gasteiger partial charge in [-0.15, -0.1) is 6.58 Å². The van der Waals surface area contributed by atoms with Gasteiger partial charge in [0.15, 0.2) is 0 Å².